The van der Waals surface area contributed by atoms with Gasteiger partial charge in [-0.3, -0.25) is 4.57 Å². The van der Waals surface area contributed by atoms with E-state index in [9.17, 15) is 20.4 Å². The summed E-state index contributed by atoms with van der Waals surface area (Å²) in [7, 11) is 0. The first-order chi connectivity index (χ1) is 15.4. The molecule has 1 aliphatic heterocycles. The molecule has 1 saturated heterocycles. The summed E-state index contributed by atoms with van der Waals surface area (Å²) in [5.41, 5.74) is 1.42. The van der Waals surface area contributed by atoms with Crippen LogP contribution in [-0.2, 0) is 4.74 Å². The SMILES string of the molecule is CC(C)Nc1nc(C#CC(O)c2ccccc2)nc2c1ncn2[C@@H]1O[C@H](CO)[C@@H](O)[C@H]1O. The van der Waals surface area contributed by atoms with Crippen LogP contribution in [0.4, 0.5) is 5.82 Å². The topological polar surface area (TPSA) is 146 Å². The third kappa shape index (κ3) is 4.29. The van der Waals surface area contributed by atoms with Crippen LogP contribution in [0.3, 0.4) is 0 Å². The molecule has 1 aliphatic rings. The molecule has 10 heteroatoms. The molecule has 5 atom stereocenters. The zero-order valence-electron chi connectivity index (χ0n) is 17.6. The molecule has 0 aliphatic carbocycles. The Bertz CT molecular complexity index is 1140. The van der Waals surface area contributed by atoms with E-state index < -0.39 is 37.3 Å². The molecular formula is C22H25N5O5. The van der Waals surface area contributed by atoms with E-state index in [1.807, 2.05) is 32.0 Å². The minimum absolute atomic E-state index is 0.0443. The predicted molar refractivity (Wildman–Crippen MR) is 115 cm³/mol. The smallest absolute Gasteiger partial charge is 0.209 e. The fraction of sp³-hybridized carbons (Fsp3) is 0.409. The lowest BCUT2D eigenvalue weighted by Gasteiger charge is -2.17. The number of fused-ring (bicyclic) bond motifs is 1. The summed E-state index contributed by atoms with van der Waals surface area (Å²) < 4.78 is 7.10. The van der Waals surface area contributed by atoms with Crippen LogP contribution < -0.4 is 5.32 Å². The summed E-state index contributed by atoms with van der Waals surface area (Å²) >= 11 is 0. The average molecular weight is 439 g/mol. The Kier molecular flexibility index (Phi) is 6.36. The van der Waals surface area contributed by atoms with E-state index in [-0.39, 0.29) is 11.9 Å². The van der Waals surface area contributed by atoms with Gasteiger partial charge in [0.1, 0.15) is 24.4 Å². The van der Waals surface area contributed by atoms with Gasteiger partial charge in [-0.2, -0.15) is 0 Å². The minimum atomic E-state index is -1.28. The summed E-state index contributed by atoms with van der Waals surface area (Å²) in [6.07, 6.45) is -4.04. The normalized spacial score (nSPS) is 23.8. The zero-order chi connectivity index (χ0) is 22.8. The van der Waals surface area contributed by atoms with Gasteiger partial charge in [-0.15, -0.1) is 0 Å². The Labute approximate surface area is 184 Å². The molecule has 0 radical (unpaired) electrons. The molecule has 5 N–H and O–H groups in total. The standard InChI is InChI=1S/C22H25N5O5/c1-12(2)24-20-17-21(27(11-23-17)22-19(31)18(30)15(10-28)32-22)26-16(25-20)9-8-14(29)13-6-4-3-5-7-13/h3-7,11-12,14-15,18-19,22,28-31H,10H2,1-2H3,(H,24,25,26)/t14?,15-,18-,19-,22-/m1/s1. The van der Waals surface area contributed by atoms with Crippen molar-refractivity contribution in [1.82, 2.24) is 19.5 Å². The number of hydrogen-bond acceptors (Lipinski definition) is 9. The largest absolute Gasteiger partial charge is 0.394 e. The summed E-state index contributed by atoms with van der Waals surface area (Å²) in [6, 6.07) is 9.06. The molecule has 0 amide bonds. The number of nitrogens with zero attached hydrogens (tertiary/aromatic N) is 4. The molecule has 1 unspecified atom stereocenters. The molecule has 4 rings (SSSR count). The van der Waals surface area contributed by atoms with Gasteiger partial charge in [-0.1, -0.05) is 36.3 Å². The first-order valence-electron chi connectivity index (χ1n) is 10.3. The van der Waals surface area contributed by atoms with Crippen molar-refractivity contribution in [1.29, 1.82) is 0 Å². The number of rotatable bonds is 5. The third-order valence-electron chi connectivity index (χ3n) is 5.07. The number of hydrogen-bond donors (Lipinski definition) is 5. The van der Waals surface area contributed by atoms with E-state index in [1.165, 1.54) is 10.9 Å². The maximum Gasteiger partial charge on any atom is 0.209 e. The monoisotopic (exact) mass is 439 g/mol. The predicted octanol–water partition coefficient (Wildman–Crippen LogP) is 0.343. The Morgan fingerprint density at radius 1 is 1.16 bits per heavy atom. The second-order valence-corrected chi connectivity index (χ2v) is 7.83. The van der Waals surface area contributed by atoms with Crippen molar-refractivity contribution in [2.24, 2.45) is 0 Å². The molecule has 1 fully saturated rings. The first kappa shape index (κ1) is 22.1. The number of aliphatic hydroxyl groups is 4. The summed E-state index contributed by atoms with van der Waals surface area (Å²) in [5, 5.41) is 43.5. The summed E-state index contributed by atoms with van der Waals surface area (Å²) in [4.78, 5) is 13.2. The van der Waals surface area contributed by atoms with E-state index in [1.54, 1.807) is 12.1 Å². The van der Waals surface area contributed by atoms with Crippen LogP contribution in [0.15, 0.2) is 36.7 Å². The molecule has 0 spiro atoms. The first-order valence-corrected chi connectivity index (χ1v) is 10.3. The van der Waals surface area contributed by atoms with E-state index in [0.717, 1.165) is 0 Å². The zero-order valence-corrected chi connectivity index (χ0v) is 17.6. The minimum Gasteiger partial charge on any atom is -0.394 e. The quantitative estimate of drug-likeness (QED) is 0.355. The van der Waals surface area contributed by atoms with Crippen molar-refractivity contribution in [2.45, 2.75) is 50.5 Å². The van der Waals surface area contributed by atoms with Gasteiger partial charge in [0.2, 0.25) is 5.82 Å². The van der Waals surface area contributed by atoms with Gasteiger partial charge in [0.15, 0.2) is 23.2 Å². The fourth-order valence-electron chi connectivity index (χ4n) is 3.49. The van der Waals surface area contributed by atoms with E-state index >= 15 is 0 Å². The molecule has 10 nitrogen and oxygen atoms in total. The van der Waals surface area contributed by atoms with Crippen LogP contribution in [0.2, 0.25) is 0 Å². The van der Waals surface area contributed by atoms with Crippen LogP contribution >= 0.6 is 0 Å². The third-order valence-corrected chi connectivity index (χ3v) is 5.07. The van der Waals surface area contributed by atoms with Crippen LogP contribution in [0.5, 0.6) is 0 Å². The number of aliphatic hydroxyl groups excluding tert-OH is 4. The summed E-state index contributed by atoms with van der Waals surface area (Å²) in [6.45, 7) is 3.45. The maximum absolute atomic E-state index is 10.4. The molecule has 2 aromatic heterocycles. The Balaban J connectivity index is 1.75. The van der Waals surface area contributed by atoms with Crippen LogP contribution in [0.1, 0.15) is 37.6 Å². The van der Waals surface area contributed by atoms with Gasteiger partial charge in [0.05, 0.1) is 12.9 Å². The molecular weight excluding hydrogens is 414 g/mol. The van der Waals surface area contributed by atoms with Crippen LogP contribution in [0.25, 0.3) is 11.2 Å². The van der Waals surface area contributed by atoms with Crippen molar-refractivity contribution in [3.63, 3.8) is 0 Å². The van der Waals surface area contributed by atoms with Gasteiger partial charge >= 0.3 is 0 Å². The van der Waals surface area contributed by atoms with Crippen molar-refractivity contribution >= 4 is 17.0 Å². The van der Waals surface area contributed by atoms with Crippen molar-refractivity contribution in [2.75, 3.05) is 11.9 Å². The van der Waals surface area contributed by atoms with Gasteiger partial charge in [-0.25, -0.2) is 15.0 Å². The van der Waals surface area contributed by atoms with Gasteiger partial charge in [-0.05, 0) is 25.3 Å². The number of aromatic nitrogens is 4. The van der Waals surface area contributed by atoms with Crippen molar-refractivity contribution in [3.8, 4) is 11.8 Å². The van der Waals surface area contributed by atoms with Gasteiger partial charge < -0.3 is 30.5 Å². The Hall–Kier alpha value is -3.07. The molecule has 0 saturated carbocycles. The fourth-order valence-corrected chi connectivity index (χ4v) is 3.49. The molecule has 32 heavy (non-hydrogen) atoms. The lowest BCUT2D eigenvalue weighted by Crippen LogP contribution is -2.33. The van der Waals surface area contributed by atoms with E-state index in [2.05, 4.69) is 32.1 Å². The lowest BCUT2D eigenvalue weighted by molar-refractivity contribution is -0.0511. The number of ether oxygens (including phenoxy) is 1. The summed E-state index contributed by atoms with van der Waals surface area (Å²) in [5.74, 6) is 6.12. The molecule has 3 aromatic rings. The second-order valence-electron chi connectivity index (χ2n) is 7.83. The highest BCUT2D eigenvalue weighted by atomic mass is 16.6. The highest BCUT2D eigenvalue weighted by molar-refractivity contribution is 5.83. The van der Waals surface area contributed by atoms with Crippen molar-refractivity contribution < 1.29 is 25.2 Å². The number of anilines is 1. The number of benzene rings is 1. The Morgan fingerprint density at radius 3 is 2.56 bits per heavy atom. The number of nitrogens with one attached hydrogen (secondary N) is 1. The number of imidazole rings is 1. The average Bonchev–Trinajstić information content (AvgIpc) is 3.33. The lowest BCUT2D eigenvalue weighted by atomic mass is 10.1. The molecule has 3 heterocycles. The van der Waals surface area contributed by atoms with Crippen molar-refractivity contribution in [3.05, 3.63) is 48.0 Å². The second kappa shape index (κ2) is 9.20. The van der Waals surface area contributed by atoms with Gasteiger partial charge in [0, 0.05) is 6.04 Å². The molecule has 1 aromatic carbocycles. The van der Waals surface area contributed by atoms with E-state index in [4.69, 9.17) is 4.74 Å². The Morgan fingerprint density at radius 2 is 1.91 bits per heavy atom. The van der Waals surface area contributed by atoms with Crippen LogP contribution in [0, 0.1) is 11.8 Å². The van der Waals surface area contributed by atoms with Gasteiger partial charge in [0.25, 0.3) is 0 Å². The van der Waals surface area contributed by atoms with Crippen LogP contribution in [-0.4, -0.2) is 70.9 Å². The molecule has 168 valence electrons. The molecule has 0 bridgehead atoms. The van der Waals surface area contributed by atoms with E-state index in [0.29, 0.717) is 22.5 Å². The highest BCUT2D eigenvalue weighted by Crippen LogP contribution is 2.32. The highest BCUT2D eigenvalue weighted by Gasteiger charge is 2.44. The maximum atomic E-state index is 10.4.